The van der Waals surface area contributed by atoms with Crippen LogP contribution in [0.1, 0.15) is 37.4 Å². The molecule has 0 radical (unpaired) electrons. The molecule has 108 valence electrons. The standard InChI is InChI=1S/C15H21N3O2/c19-15(17-11-12-5-4-10-20-12)18-9-3-7-14(18)13-6-1-2-8-16-13/h1-2,6,8,12,14H,3-5,7,9-11H2,(H,17,19)/t12-,14-/m1/s1. The molecule has 0 saturated carbocycles. The zero-order valence-electron chi connectivity index (χ0n) is 11.6. The van der Waals surface area contributed by atoms with Gasteiger partial charge in [-0.05, 0) is 37.8 Å². The van der Waals surface area contributed by atoms with Crippen LogP contribution in [0.3, 0.4) is 0 Å². The molecule has 2 atom stereocenters. The Labute approximate surface area is 119 Å². The maximum atomic E-state index is 12.3. The summed E-state index contributed by atoms with van der Waals surface area (Å²) < 4.78 is 5.53. The fourth-order valence-electron chi connectivity index (χ4n) is 3.00. The van der Waals surface area contributed by atoms with Crippen molar-refractivity contribution in [3.63, 3.8) is 0 Å². The molecule has 0 aliphatic carbocycles. The lowest BCUT2D eigenvalue weighted by molar-refractivity contribution is 0.108. The van der Waals surface area contributed by atoms with Crippen molar-refractivity contribution >= 4 is 6.03 Å². The normalized spacial score (nSPS) is 25.9. The third kappa shape index (κ3) is 2.93. The number of amides is 2. The summed E-state index contributed by atoms with van der Waals surface area (Å²) in [6.07, 6.45) is 6.15. The number of carbonyl (C=O) groups is 1. The van der Waals surface area contributed by atoms with E-state index in [1.165, 1.54) is 0 Å². The number of urea groups is 1. The van der Waals surface area contributed by atoms with Gasteiger partial charge in [-0.25, -0.2) is 4.79 Å². The average Bonchev–Trinajstić information content (AvgIpc) is 3.17. The van der Waals surface area contributed by atoms with Gasteiger partial charge in [0.15, 0.2) is 0 Å². The second-order valence-corrected chi connectivity index (χ2v) is 5.43. The lowest BCUT2D eigenvalue weighted by Gasteiger charge is -2.25. The first kappa shape index (κ1) is 13.4. The van der Waals surface area contributed by atoms with Crippen molar-refractivity contribution in [2.24, 2.45) is 0 Å². The van der Waals surface area contributed by atoms with Crippen molar-refractivity contribution in [1.29, 1.82) is 0 Å². The van der Waals surface area contributed by atoms with Crippen LogP contribution >= 0.6 is 0 Å². The summed E-state index contributed by atoms with van der Waals surface area (Å²) >= 11 is 0. The lowest BCUT2D eigenvalue weighted by Crippen LogP contribution is -2.42. The average molecular weight is 275 g/mol. The fraction of sp³-hybridized carbons (Fsp3) is 0.600. The van der Waals surface area contributed by atoms with E-state index in [9.17, 15) is 4.79 Å². The summed E-state index contributed by atoms with van der Waals surface area (Å²) in [6, 6.07) is 5.99. The fourth-order valence-corrected chi connectivity index (χ4v) is 3.00. The molecule has 5 heteroatoms. The third-order valence-corrected chi connectivity index (χ3v) is 4.05. The molecule has 2 amide bonds. The zero-order valence-corrected chi connectivity index (χ0v) is 11.6. The van der Waals surface area contributed by atoms with E-state index in [0.29, 0.717) is 6.54 Å². The highest BCUT2D eigenvalue weighted by Gasteiger charge is 2.31. The number of ether oxygens (including phenoxy) is 1. The van der Waals surface area contributed by atoms with Crippen LogP contribution in [-0.2, 0) is 4.74 Å². The van der Waals surface area contributed by atoms with Crippen molar-refractivity contribution in [2.45, 2.75) is 37.8 Å². The maximum Gasteiger partial charge on any atom is 0.318 e. The molecule has 0 spiro atoms. The van der Waals surface area contributed by atoms with E-state index in [1.807, 2.05) is 23.1 Å². The van der Waals surface area contributed by atoms with Crippen LogP contribution in [0.5, 0.6) is 0 Å². The van der Waals surface area contributed by atoms with Gasteiger partial charge in [0, 0.05) is 25.9 Å². The molecule has 1 aromatic rings. The zero-order chi connectivity index (χ0) is 13.8. The highest BCUT2D eigenvalue weighted by atomic mass is 16.5. The SMILES string of the molecule is O=C(NC[C@H]1CCCO1)N1CCC[C@@H]1c1ccccn1. The predicted octanol–water partition coefficient (Wildman–Crippen LogP) is 2.11. The van der Waals surface area contributed by atoms with E-state index in [1.54, 1.807) is 6.20 Å². The number of rotatable bonds is 3. The molecular formula is C15H21N3O2. The van der Waals surface area contributed by atoms with Crippen LogP contribution in [0, 0.1) is 0 Å². The number of likely N-dealkylation sites (tertiary alicyclic amines) is 1. The van der Waals surface area contributed by atoms with E-state index in [0.717, 1.165) is 44.5 Å². The van der Waals surface area contributed by atoms with Gasteiger partial charge < -0.3 is 15.0 Å². The molecule has 2 fully saturated rings. The minimum Gasteiger partial charge on any atom is -0.376 e. The molecule has 1 aromatic heterocycles. The molecule has 20 heavy (non-hydrogen) atoms. The Bertz CT molecular complexity index is 446. The van der Waals surface area contributed by atoms with Gasteiger partial charge in [0.2, 0.25) is 0 Å². The Morgan fingerprint density at radius 1 is 1.40 bits per heavy atom. The van der Waals surface area contributed by atoms with Gasteiger partial charge in [-0.1, -0.05) is 6.07 Å². The van der Waals surface area contributed by atoms with Gasteiger partial charge in [0.25, 0.3) is 0 Å². The number of nitrogens with one attached hydrogen (secondary N) is 1. The van der Waals surface area contributed by atoms with E-state index in [-0.39, 0.29) is 18.2 Å². The summed E-state index contributed by atoms with van der Waals surface area (Å²) in [5.41, 5.74) is 0.984. The summed E-state index contributed by atoms with van der Waals surface area (Å²) in [4.78, 5) is 18.6. The Hall–Kier alpha value is -1.62. The molecule has 0 unspecified atom stereocenters. The first-order valence-corrected chi connectivity index (χ1v) is 7.41. The number of aromatic nitrogens is 1. The quantitative estimate of drug-likeness (QED) is 0.919. The monoisotopic (exact) mass is 275 g/mol. The molecule has 3 rings (SSSR count). The number of hydrogen-bond donors (Lipinski definition) is 1. The maximum absolute atomic E-state index is 12.3. The van der Waals surface area contributed by atoms with E-state index in [2.05, 4.69) is 10.3 Å². The molecule has 2 aliphatic heterocycles. The van der Waals surface area contributed by atoms with Gasteiger partial charge >= 0.3 is 6.03 Å². The minimum atomic E-state index is 0.00801. The largest absolute Gasteiger partial charge is 0.376 e. The number of nitrogens with zero attached hydrogens (tertiary/aromatic N) is 2. The van der Waals surface area contributed by atoms with Gasteiger partial charge in [-0.2, -0.15) is 0 Å². The van der Waals surface area contributed by atoms with Crippen molar-refractivity contribution in [3.05, 3.63) is 30.1 Å². The lowest BCUT2D eigenvalue weighted by atomic mass is 10.1. The van der Waals surface area contributed by atoms with Crippen LogP contribution in [0.25, 0.3) is 0 Å². The molecule has 2 saturated heterocycles. The Balaban J connectivity index is 1.58. The molecule has 3 heterocycles. The number of pyridine rings is 1. The molecule has 1 N–H and O–H groups in total. The summed E-state index contributed by atoms with van der Waals surface area (Å²) in [6.45, 7) is 2.24. The Kier molecular flexibility index (Phi) is 4.16. The summed E-state index contributed by atoms with van der Waals surface area (Å²) in [7, 11) is 0. The second-order valence-electron chi connectivity index (χ2n) is 5.43. The third-order valence-electron chi connectivity index (χ3n) is 4.05. The van der Waals surface area contributed by atoms with Crippen LogP contribution in [-0.4, -0.2) is 41.7 Å². The first-order chi connectivity index (χ1) is 9.84. The predicted molar refractivity (Wildman–Crippen MR) is 75.3 cm³/mol. The van der Waals surface area contributed by atoms with Crippen LogP contribution in [0.15, 0.2) is 24.4 Å². The van der Waals surface area contributed by atoms with Gasteiger partial charge in [0.05, 0.1) is 17.8 Å². The number of carbonyl (C=O) groups excluding carboxylic acids is 1. The second kappa shape index (κ2) is 6.22. The van der Waals surface area contributed by atoms with Gasteiger partial charge in [-0.3, -0.25) is 4.98 Å². The van der Waals surface area contributed by atoms with Crippen LogP contribution in [0.2, 0.25) is 0 Å². The van der Waals surface area contributed by atoms with Crippen molar-refractivity contribution in [1.82, 2.24) is 15.2 Å². The van der Waals surface area contributed by atoms with Crippen LogP contribution in [0.4, 0.5) is 4.79 Å². The number of hydrogen-bond acceptors (Lipinski definition) is 3. The van der Waals surface area contributed by atoms with E-state index in [4.69, 9.17) is 4.74 Å². The van der Waals surface area contributed by atoms with Gasteiger partial charge in [0.1, 0.15) is 0 Å². The summed E-state index contributed by atoms with van der Waals surface area (Å²) in [5, 5.41) is 3.00. The molecule has 5 nitrogen and oxygen atoms in total. The Morgan fingerprint density at radius 2 is 2.35 bits per heavy atom. The molecule has 0 bridgehead atoms. The smallest absolute Gasteiger partial charge is 0.318 e. The van der Waals surface area contributed by atoms with Gasteiger partial charge in [-0.15, -0.1) is 0 Å². The molecule has 2 aliphatic rings. The molecular weight excluding hydrogens is 254 g/mol. The van der Waals surface area contributed by atoms with E-state index >= 15 is 0 Å². The topological polar surface area (TPSA) is 54.5 Å². The van der Waals surface area contributed by atoms with Crippen molar-refractivity contribution in [2.75, 3.05) is 19.7 Å². The van der Waals surface area contributed by atoms with Crippen LogP contribution < -0.4 is 5.32 Å². The first-order valence-electron chi connectivity index (χ1n) is 7.41. The minimum absolute atomic E-state index is 0.00801. The highest BCUT2D eigenvalue weighted by Crippen LogP contribution is 2.30. The van der Waals surface area contributed by atoms with Crippen molar-refractivity contribution < 1.29 is 9.53 Å². The van der Waals surface area contributed by atoms with Crippen molar-refractivity contribution in [3.8, 4) is 0 Å². The summed E-state index contributed by atoms with van der Waals surface area (Å²) in [5.74, 6) is 0. The van der Waals surface area contributed by atoms with E-state index < -0.39 is 0 Å². The Morgan fingerprint density at radius 3 is 3.10 bits per heavy atom. The highest BCUT2D eigenvalue weighted by molar-refractivity contribution is 5.75. The molecule has 0 aromatic carbocycles.